The minimum absolute atomic E-state index is 0.136. The number of aryl methyl sites for hydroxylation is 1. The summed E-state index contributed by atoms with van der Waals surface area (Å²) in [7, 11) is 0. The van der Waals surface area contributed by atoms with Gasteiger partial charge in [0.05, 0.1) is 6.04 Å². The van der Waals surface area contributed by atoms with Gasteiger partial charge >= 0.3 is 6.03 Å². The fraction of sp³-hybridized carbons (Fsp3) is 0.462. The highest BCUT2D eigenvalue weighted by Gasteiger charge is 2.39. The van der Waals surface area contributed by atoms with Crippen molar-refractivity contribution in [1.82, 2.24) is 10.2 Å². The zero-order valence-electron chi connectivity index (χ0n) is 10.3. The molecular formula is C13H16BrN3O. The fourth-order valence-electron chi connectivity index (χ4n) is 2.59. The first-order valence-electron chi connectivity index (χ1n) is 6.22. The molecule has 3 rings (SSSR count). The Balaban J connectivity index is 1.88. The number of piperazine rings is 1. The monoisotopic (exact) mass is 309 g/mol. The van der Waals surface area contributed by atoms with Gasteiger partial charge in [0.15, 0.2) is 0 Å². The lowest BCUT2D eigenvalue weighted by atomic mass is 10.2. The van der Waals surface area contributed by atoms with Crippen molar-refractivity contribution in [2.24, 2.45) is 0 Å². The van der Waals surface area contributed by atoms with Crippen LogP contribution in [0.1, 0.15) is 5.56 Å². The van der Waals surface area contributed by atoms with Crippen LogP contribution in [0.4, 0.5) is 10.5 Å². The van der Waals surface area contributed by atoms with Gasteiger partial charge in [0.25, 0.3) is 0 Å². The summed E-state index contributed by atoms with van der Waals surface area (Å²) in [5, 5.41) is 3.34. The highest BCUT2D eigenvalue weighted by atomic mass is 79.9. The molecule has 18 heavy (non-hydrogen) atoms. The van der Waals surface area contributed by atoms with Gasteiger partial charge < -0.3 is 10.2 Å². The van der Waals surface area contributed by atoms with E-state index in [0.717, 1.165) is 36.3 Å². The molecule has 4 nitrogen and oxygen atoms in total. The van der Waals surface area contributed by atoms with Gasteiger partial charge in [-0.05, 0) is 24.6 Å². The van der Waals surface area contributed by atoms with Crippen molar-refractivity contribution in [3.05, 3.63) is 28.2 Å². The summed E-state index contributed by atoms with van der Waals surface area (Å²) in [6.45, 7) is 5.43. The molecule has 2 fully saturated rings. The molecule has 0 spiro atoms. The molecule has 2 heterocycles. The highest BCUT2D eigenvalue weighted by Crippen LogP contribution is 2.28. The van der Waals surface area contributed by atoms with Crippen LogP contribution in [0.2, 0.25) is 0 Å². The number of nitrogens with zero attached hydrogens (tertiary/aromatic N) is 2. The van der Waals surface area contributed by atoms with E-state index in [1.807, 2.05) is 34.9 Å². The number of anilines is 1. The second-order valence-electron chi connectivity index (χ2n) is 4.88. The lowest BCUT2D eigenvalue weighted by Gasteiger charge is -2.28. The second kappa shape index (κ2) is 4.55. The summed E-state index contributed by atoms with van der Waals surface area (Å²) in [6.07, 6.45) is 0. The van der Waals surface area contributed by atoms with Gasteiger partial charge in [0, 0.05) is 36.3 Å². The predicted octanol–water partition coefficient (Wildman–Crippen LogP) is 1.97. The first-order valence-corrected chi connectivity index (χ1v) is 7.01. The molecule has 0 aromatic heterocycles. The third kappa shape index (κ3) is 1.91. The molecule has 0 saturated carbocycles. The van der Waals surface area contributed by atoms with Gasteiger partial charge in [-0.1, -0.05) is 22.0 Å². The standard InChI is InChI=1S/C13H16BrN3O/c1-9-2-3-10(6-12(9)14)17-8-11-7-15-4-5-16(11)13(17)18/h2-3,6,11,15H,4-5,7-8H2,1H3. The first kappa shape index (κ1) is 12.0. The Morgan fingerprint density at radius 3 is 3.00 bits per heavy atom. The molecule has 5 heteroatoms. The molecule has 1 aromatic carbocycles. The maximum absolute atomic E-state index is 12.3. The number of hydrogen-bond donors (Lipinski definition) is 1. The van der Waals surface area contributed by atoms with E-state index in [-0.39, 0.29) is 6.03 Å². The number of hydrogen-bond acceptors (Lipinski definition) is 2. The van der Waals surface area contributed by atoms with E-state index in [9.17, 15) is 4.79 Å². The molecule has 1 aromatic rings. The Morgan fingerprint density at radius 1 is 1.44 bits per heavy atom. The molecule has 1 N–H and O–H groups in total. The Morgan fingerprint density at radius 2 is 2.28 bits per heavy atom. The van der Waals surface area contributed by atoms with E-state index in [4.69, 9.17) is 0 Å². The number of halogens is 1. The van der Waals surface area contributed by atoms with Crippen molar-refractivity contribution in [2.45, 2.75) is 13.0 Å². The van der Waals surface area contributed by atoms with E-state index in [0.29, 0.717) is 6.04 Å². The van der Waals surface area contributed by atoms with E-state index in [1.165, 1.54) is 5.56 Å². The van der Waals surface area contributed by atoms with Crippen molar-refractivity contribution in [1.29, 1.82) is 0 Å². The van der Waals surface area contributed by atoms with Crippen LogP contribution in [0.25, 0.3) is 0 Å². The van der Waals surface area contributed by atoms with E-state index >= 15 is 0 Å². The average molecular weight is 310 g/mol. The number of fused-ring (bicyclic) bond motifs is 1. The molecule has 96 valence electrons. The van der Waals surface area contributed by atoms with Gasteiger partial charge in [-0.15, -0.1) is 0 Å². The van der Waals surface area contributed by atoms with Gasteiger partial charge in [-0.3, -0.25) is 4.90 Å². The quantitative estimate of drug-likeness (QED) is 0.861. The van der Waals surface area contributed by atoms with Crippen LogP contribution < -0.4 is 10.2 Å². The molecule has 0 aliphatic carbocycles. The van der Waals surface area contributed by atoms with Crippen molar-refractivity contribution in [2.75, 3.05) is 31.1 Å². The van der Waals surface area contributed by atoms with Crippen molar-refractivity contribution < 1.29 is 4.79 Å². The largest absolute Gasteiger partial charge is 0.324 e. The van der Waals surface area contributed by atoms with Gasteiger partial charge in [0.2, 0.25) is 0 Å². The number of urea groups is 1. The number of carbonyl (C=O) groups excluding carboxylic acids is 1. The average Bonchev–Trinajstić information content (AvgIpc) is 2.71. The number of nitrogens with one attached hydrogen (secondary N) is 1. The highest BCUT2D eigenvalue weighted by molar-refractivity contribution is 9.10. The normalized spacial score (nSPS) is 23.4. The molecule has 2 aliphatic heterocycles. The van der Waals surface area contributed by atoms with Crippen molar-refractivity contribution in [3.8, 4) is 0 Å². The van der Waals surface area contributed by atoms with Crippen LogP contribution >= 0.6 is 15.9 Å². The summed E-state index contributed by atoms with van der Waals surface area (Å²) >= 11 is 3.53. The Kier molecular flexibility index (Phi) is 3.03. The van der Waals surface area contributed by atoms with E-state index in [1.54, 1.807) is 0 Å². The lowest BCUT2D eigenvalue weighted by molar-refractivity contribution is 0.193. The minimum atomic E-state index is 0.136. The molecule has 0 radical (unpaired) electrons. The van der Waals surface area contributed by atoms with Crippen molar-refractivity contribution in [3.63, 3.8) is 0 Å². The van der Waals surface area contributed by atoms with Crippen LogP contribution in [-0.4, -0.2) is 43.2 Å². The molecule has 1 unspecified atom stereocenters. The number of carbonyl (C=O) groups is 1. The summed E-state index contributed by atoms with van der Waals surface area (Å²) in [6, 6.07) is 6.54. The summed E-state index contributed by atoms with van der Waals surface area (Å²) < 4.78 is 1.05. The number of benzene rings is 1. The van der Waals surface area contributed by atoms with Crippen LogP contribution in [0, 0.1) is 6.92 Å². The van der Waals surface area contributed by atoms with Crippen LogP contribution in [0.3, 0.4) is 0 Å². The SMILES string of the molecule is Cc1ccc(N2CC3CNCCN3C2=O)cc1Br. The van der Waals surface area contributed by atoms with Crippen LogP contribution in [-0.2, 0) is 0 Å². The van der Waals surface area contributed by atoms with Crippen molar-refractivity contribution >= 4 is 27.6 Å². The minimum Gasteiger partial charge on any atom is -0.317 e. The summed E-state index contributed by atoms with van der Waals surface area (Å²) in [4.78, 5) is 16.2. The topological polar surface area (TPSA) is 35.6 Å². The molecule has 0 bridgehead atoms. The zero-order valence-corrected chi connectivity index (χ0v) is 11.9. The summed E-state index contributed by atoms with van der Waals surface area (Å²) in [5.74, 6) is 0. The van der Waals surface area contributed by atoms with Gasteiger partial charge in [-0.2, -0.15) is 0 Å². The van der Waals surface area contributed by atoms with E-state index < -0.39 is 0 Å². The van der Waals surface area contributed by atoms with Gasteiger partial charge in [-0.25, -0.2) is 4.79 Å². The van der Waals surface area contributed by atoms with Crippen LogP contribution in [0.5, 0.6) is 0 Å². The molecular weight excluding hydrogens is 294 g/mol. The smallest absolute Gasteiger partial charge is 0.317 e. The number of rotatable bonds is 1. The predicted molar refractivity (Wildman–Crippen MR) is 75.0 cm³/mol. The Hall–Kier alpha value is -1.07. The maximum atomic E-state index is 12.3. The lowest BCUT2D eigenvalue weighted by Crippen LogP contribution is -2.49. The third-order valence-corrected chi connectivity index (χ3v) is 4.54. The first-order chi connectivity index (χ1) is 8.66. The zero-order chi connectivity index (χ0) is 12.7. The van der Waals surface area contributed by atoms with Crippen LogP contribution in [0.15, 0.2) is 22.7 Å². The summed E-state index contributed by atoms with van der Waals surface area (Å²) in [5.41, 5.74) is 2.16. The molecule has 2 amide bonds. The molecule has 2 saturated heterocycles. The fourth-order valence-corrected chi connectivity index (χ4v) is 2.95. The third-order valence-electron chi connectivity index (χ3n) is 3.69. The maximum Gasteiger partial charge on any atom is 0.324 e. The Bertz CT molecular complexity index is 491. The van der Waals surface area contributed by atoms with E-state index in [2.05, 4.69) is 21.2 Å². The molecule has 1 atom stereocenters. The number of amides is 2. The molecule has 2 aliphatic rings. The van der Waals surface area contributed by atoms with Gasteiger partial charge in [0.1, 0.15) is 0 Å². The second-order valence-corrected chi connectivity index (χ2v) is 5.73. The Labute approximate surface area is 115 Å².